The number of nitrogens with zero attached hydrogens (tertiary/aromatic N) is 1. The molecule has 5 heteroatoms. The third-order valence-corrected chi connectivity index (χ3v) is 3.48. The van der Waals surface area contributed by atoms with E-state index in [9.17, 15) is 9.59 Å². The summed E-state index contributed by atoms with van der Waals surface area (Å²) in [4.78, 5) is 25.0. The van der Waals surface area contributed by atoms with Crippen molar-refractivity contribution in [2.24, 2.45) is 0 Å². The Hall–Kier alpha value is -2.56. The number of amides is 2. The topological polar surface area (TPSA) is 62.6 Å². The first kappa shape index (κ1) is 16.8. The van der Waals surface area contributed by atoms with Crippen LogP contribution in [0.3, 0.4) is 0 Å². The molecule has 0 unspecified atom stereocenters. The van der Waals surface area contributed by atoms with Gasteiger partial charge in [0.05, 0.1) is 17.4 Å². The highest BCUT2D eigenvalue weighted by molar-refractivity contribution is 5.99. The summed E-state index contributed by atoms with van der Waals surface area (Å²) in [6.45, 7) is 7.65. The van der Waals surface area contributed by atoms with E-state index in [-0.39, 0.29) is 11.8 Å². The van der Waals surface area contributed by atoms with Crippen molar-refractivity contribution in [3.8, 4) is 0 Å². The van der Waals surface area contributed by atoms with Crippen LogP contribution >= 0.6 is 0 Å². The Morgan fingerprint density at radius 2 is 1.74 bits per heavy atom. The molecule has 0 bridgehead atoms. The Morgan fingerprint density at radius 1 is 1.09 bits per heavy atom. The Bertz CT molecular complexity index is 667. The summed E-state index contributed by atoms with van der Waals surface area (Å²) in [5.41, 5.74) is 4.16. The minimum absolute atomic E-state index is 0.253. The number of hydrogen-bond donors (Lipinski definition) is 1. The largest absolute Gasteiger partial charge is 0.472 e. The van der Waals surface area contributed by atoms with E-state index >= 15 is 0 Å². The molecule has 0 spiro atoms. The predicted octanol–water partition coefficient (Wildman–Crippen LogP) is 3.43. The van der Waals surface area contributed by atoms with Gasteiger partial charge in [0.1, 0.15) is 6.26 Å². The van der Waals surface area contributed by atoms with Crippen molar-refractivity contribution in [1.82, 2.24) is 10.4 Å². The molecule has 0 radical (unpaired) electrons. The van der Waals surface area contributed by atoms with E-state index in [0.717, 1.165) is 12.0 Å². The van der Waals surface area contributed by atoms with E-state index in [1.54, 1.807) is 18.2 Å². The minimum Gasteiger partial charge on any atom is -0.472 e. The van der Waals surface area contributed by atoms with E-state index in [1.807, 2.05) is 32.9 Å². The van der Waals surface area contributed by atoms with Gasteiger partial charge in [0.15, 0.2) is 0 Å². The van der Waals surface area contributed by atoms with Gasteiger partial charge in [0.2, 0.25) is 0 Å². The molecule has 23 heavy (non-hydrogen) atoms. The van der Waals surface area contributed by atoms with E-state index < -0.39 is 5.54 Å². The van der Waals surface area contributed by atoms with Gasteiger partial charge >= 0.3 is 0 Å². The van der Waals surface area contributed by atoms with Gasteiger partial charge in [-0.3, -0.25) is 15.0 Å². The van der Waals surface area contributed by atoms with Gasteiger partial charge in [-0.25, -0.2) is 5.01 Å². The zero-order valence-corrected chi connectivity index (χ0v) is 13.9. The maximum Gasteiger partial charge on any atom is 0.273 e. The number of nitrogens with one attached hydrogen (secondary N) is 1. The molecule has 0 saturated carbocycles. The molecule has 0 aliphatic rings. The van der Waals surface area contributed by atoms with Crippen LogP contribution < -0.4 is 5.43 Å². The van der Waals surface area contributed by atoms with Crippen LogP contribution in [0.5, 0.6) is 0 Å². The van der Waals surface area contributed by atoms with E-state index in [1.165, 1.54) is 17.5 Å². The third kappa shape index (κ3) is 4.00. The number of aryl methyl sites for hydroxylation is 1. The molecule has 1 heterocycles. The Labute approximate surface area is 136 Å². The highest BCUT2D eigenvalue weighted by Crippen LogP contribution is 2.16. The molecule has 5 nitrogen and oxygen atoms in total. The van der Waals surface area contributed by atoms with Crippen molar-refractivity contribution in [3.05, 3.63) is 59.5 Å². The Morgan fingerprint density at radius 3 is 2.22 bits per heavy atom. The lowest BCUT2D eigenvalue weighted by Crippen LogP contribution is -2.55. The minimum atomic E-state index is -0.570. The third-order valence-electron chi connectivity index (χ3n) is 3.48. The number of benzene rings is 1. The molecule has 1 aromatic carbocycles. The van der Waals surface area contributed by atoms with E-state index in [2.05, 4.69) is 12.3 Å². The Balaban J connectivity index is 2.23. The second-order valence-corrected chi connectivity index (χ2v) is 6.31. The summed E-state index contributed by atoms with van der Waals surface area (Å²) in [5.74, 6) is -0.635. The average molecular weight is 314 g/mol. The van der Waals surface area contributed by atoms with Crippen molar-refractivity contribution in [2.45, 2.75) is 39.7 Å². The highest BCUT2D eigenvalue weighted by atomic mass is 16.3. The number of furan rings is 1. The fourth-order valence-corrected chi connectivity index (χ4v) is 2.09. The monoisotopic (exact) mass is 314 g/mol. The molecular weight excluding hydrogens is 292 g/mol. The first-order chi connectivity index (χ1) is 10.8. The molecule has 122 valence electrons. The molecule has 0 saturated heterocycles. The highest BCUT2D eigenvalue weighted by Gasteiger charge is 2.29. The molecular formula is C18H22N2O3. The summed E-state index contributed by atoms with van der Waals surface area (Å²) in [5, 5.41) is 1.35. The van der Waals surface area contributed by atoms with Crippen LogP contribution in [0.15, 0.2) is 47.3 Å². The predicted molar refractivity (Wildman–Crippen MR) is 87.9 cm³/mol. The van der Waals surface area contributed by atoms with Crippen LogP contribution in [0.4, 0.5) is 0 Å². The van der Waals surface area contributed by atoms with Crippen LogP contribution in [0.1, 0.15) is 54.0 Å². The molecule has 0 fully saturated rings. The number of carbonyl (C=O) groups is 2. The molecule has 0 aliphatic heterocycles. The summed E-state index contributed by atoms with van der Waals surface area (Å²) < 4.78 is 4.91. The molecule has 1 N–H and O–H groups in total. The van der Waals surface area contributed by atoms with Gasteiger partial charge in [0.25, 0.3) is 11.8 Å². The number of hydrazine groups is 1. The number of hydrogen-bond acceptors (Lipinski definition) is 3. The molecule has 1 aromatic heterocycles. The van der Waals surface area contributed by atoms with Gasteiger partial charge in [-0.1, -0.05) is 19.1 Å². The van der Waals surface area contributed by atoms with Crippen LogP contribution in [0.25, 0.3) is 0 Å². The van der Waals surface area contributed by atoms with Crippen LogP contribution in [-0.4, -0.2) is 22.4 Å². The lowest BCUT2D eigenvalue weighted by atomic mass is 10.0. The fraction of sp³-hybridized carbons (Fsp3) is 0.333. The standard InChI is InChI=1S/C18H22N2O3/c1-5-13-6-8-14(9-7-13)17(22)20(18(2,3)4)19-16(21)15-10-11-23-12-15/h6-12H,5H2,1-4H3,(H,19,21). The number of rotatable bonds is 3. The first-order valence-corrected chi connectivity index (χ1v) is 7.59. The van der Waals surface area contributed by atoms with Crippen LogP contribution in [0, 0.1) is 0 Å². The second kappa shape index (κ2) is 6.69. The van der Waals surface area contributed by atoms with Crippen LogP contribution in [0.2, 0.25) is 0 Å². The van der Waals surface area contributed by atoms with Crippen LogP contribution in [-0.2, 0) is 6.42 Å². The van der Waals surface area contributed by atoms with E-state index in [4.69, 9.17) is 4.42 Å². The zero-order chi connectivity index (χ0) is 17.0. The molecule has 0 aliphatic carbocycles. The lowest BCUT2D eigenvalue weighted by Gasteiger charge is -2.35. The van der Waals surface area contributed by atoms with Crippen molar-refractivity contribution < 1.29 is 14.0 Å². The maximum atomic E-state index is 12.8. The molecule has 2 amide bonds. The van der Waals surface area contributed by atoms with Crippen molar-refractivity contribution >= 4 is 11.8 Å². The maximum absolute atomic E-state index is 12.8. The van der Waals surface area contributed by atoms with E-state index in [0.29, 0.717) is 11.1 Å². The van der Waals surface area contributed by atoms with Crippen molar-refractivity contribution in [3.63, 3.8) is 0 Å². The Kier molecular flexibility index (Phi) is 4.89. The van der Waals surface area contributed by atoms with Crippen molar-refractivity contribution in [2.75, 3.05) is 0 Å². The van der Waals surface area contributed by atoms with Gasteiger partial charge < -0.3 is 4.42 Å². The number of carbonyl (C=O) groups excluding carboxylic acids is 2. The normalized spacial score (nSPS) is 11.1. The average Bonchev–Trinajstić information content (AvgIpc) is 3.05. The zero-order valence-electron chi connectivity index (χ0n) is 13.9. The quantitative estimate of drug-likeness (QED) is 0.883. The van der Waals surface area contributed by atoms with Gasteiger partial charge in [0, 0.05) is 5.56 Å². The van der Waals surface area contributed by atoms with Crippen molar-refractivity contribution in [1.29, 1.82) is 0 Å². The molecule has 2 aromatic rings. The summed E-state index contributed by atoms with van der Waals surface area (Å²) >= 11 is 0. The molecule has 2 rings (SSSR count). The molecule has 0 atom stereocenters. The summed E-state index contributed by atoms with van der Waals surface area (Å²) in [6, 6.07) is 8.96. The van der Waals surface area contributed by atoms with Gasteiger partial charge in [-0.05, 0) is 51.0 Å². The second-order valence-electron chi connectivity index (χ2n) is 6.31. The summed E-state index contributed by atoms with van der Waals surface area (Å²) in [7, 11) is 0. The smallest absolute Gasteiger partial charge is 0.273 e. The van der Waals surface area contributed by atoms with Gasteiger partial charge in [-0.15, -0.1) is 0 Å². The summed E-state index contributed by atoms with van der Waals surface area (Å²) in [6.07, 6.45) is 3.67. The first-order valence-electron chi connectivity index (χ1n) is 7.59. The van der Waals surface area contributed by atoms with Gasteiger partial charge in [-0.2, -0.15) is 0 Å². The lowest BCUT2D eigenvalue weighted by molar-refractivity contribution is 0.0358. The fourth-order valence-electron chi connectivity index (χ4n) is 2.09. The SMILES string of the molecule is CCc1ccc(C(=O)N(NC(=O)c2ccoc2)C(C)(C)C)cc1.